The van der Waals surface area contributed by atoms with Gasteiger partial charge in [0, 0.05) is 44.9 Å². The lowest BCUT2D eigenvalue weighted by atomic mass is 10.2. The number of amides is 1. The van der Waals surface area contributed by atoms with Crippen molar-refractivity contribution in [3.63, 3.8) is 0 Å². The fourth-order valence-corrected chi connectivity index (χ4v) is 2.92. The van der Waals surface area contributed by atoms with Gasteiger partial charge < -0.3 is 14.8 Å². The van der Waals surface area contributed by atoms with E-state index >= 15 is 0 Å². The summed E-state index contributed by atoms with van der Waals surface area (Å²) in [6.45, 7) is 2.05. The summed E-state index contributed by atoms with van der Waals surface area (Å²) in [6, 6.07) is 11.7. The Morgan fingerprint density at radius 1 is 1.12 bits per heavy atom. The molecule has 1 aliphatic rings. The number of nitrogens with zero attached hydrogens (tertiary/aromatic N) is 6. The van der Waals surface area contributed by atoms with E-state index in [-0.39, 0.29) is 5.91 Å². The van der Waals surface area contributed by atoms with Gasteiger partial charge in [0.15, 0.2) is 5.82 Å². The van der Waals surface area contributed by atoms with Crippen molar-refractivity contribution in [1.82, 2.24) is 29.6 Å². The van der Waals surface area contributed by atoms with Gasteiger partial charge >= 0.3 is 0 Å². The second-order valence-electron chi connectivity index (χ2n) is 6.13. The highest BCUT2D eigenvalue weighted by atomic mass is 16.2. The van der Waals surface area contributed by atoms with E-state index in [1.807, 2.05) is 41.0 Å². The summed E-state index contributed by atoms with van der Waals surface area (Å²) in [5, 5.41) is 11.5. The molecule has 1 amide bonds. The molecule has 2 aromatic heterocycles. The number of hydrogen-bond acceptors (Lipinski definition) is 6. The van der Waals surface area contributed by atoms with Crippen LogP contribution in [0.5, 0.6) is 0 Å². The Labute approximate surface area is 150 Å². The number of aromatic nitrogens is 5. The molecule has 0 spiro atoms. The first-order chi connectivity index (χ1) is 12.7. The number of anilines is 1. The molecule has 0 fully saturated rings. The summed E-state index contributed by atoms with van der Waals surface area (Å²) >= 11 is 0. The Morgan fingerprint density at radius 2 is 1.96 bits per heavy atom. The average molecular weight is 349 g/mol. The highest BCUT2D eigenvalue weighted by Gasteiger charge is 2.26. The Bertz CT molecular complexity index is 922. The summed E-state index contributed by atoms with van der Waals surface area (Å²) in [6.07, 6.45) is 2.40. The first kappa shape index (κ1) is 16.2. The van der Waals surface area contributed by atoms with Crippen LogP contribution in [0.1, 0.15) is 16.4 Å². The maximum Gasteiger partial charge on any atom is 0.291 e. The fraction of sp³-hybridized carbons (Fsp3) is 0.278. The molecule has 1 aliphatic heterocycles. The van der Waals surface area contributed by atoms with Gasteiger partial charge in [-0.2, -0.15) is 0 Å². The van der Waals surface area contributed by atoms with Crippen molar-refractivity contribution in [2.24, 2.45) is 0 Å². The van der Waals surface area contributed by atoms with E-state index in [2.05, 4.69) is 25.5 Å². The van der Waals surface area contributed by atoms with Crippen molar-refractivity contribution in [2.45, 2.75) is 13.0 Å². The minimum absolute atomic E-state index is 0.0775. The maximum absolute atomic E-state index is 12.1. The smallest absolute Gasteiger partial charge is 0.291 e. The molecule has 26 heavy (non-hydrogen) atoms. The van der Waals surface area contributed by atoms with E-state index in [0.29, 0.717) is 31.2 Å². The number of likely N-dealkylation sites (N-methyl/N-ethyl adjacent to an activating group) is 1. The van der Waals surface area contributed by atoms with Crippen LogP contribution in [-0.2, 0) is 13.0 Å². The quantitative estimate of drug-likeness (QED) is 0.750. The lowest BCUT2D eigenvalue weighted by Gasteiger charge is -2.23. The minimum Gasteiger partial charge on any atom is -0.370 e. The monoisotopic (exact) mass is 349 g/mol. The van der Waals surface area contributed by atoms with Gasteiger partial charge in [0.05, 0.1) is 0 Å². The number of rotatable bonds is 5. The first-order valence-corrected chi connectivity index (χ1v) is 8.52. The third-order valence-corrected chi connectivity index (χ3v) is 4.37. The third-order valence-electron chi connectivity index (χ3n) is 4.37. The van der Waals surface area contributed by atoms with Crippen LogP contribution < -0.4 is 5.32 Å². The second kappa shape index (κ2) is 6.91. The summed E-state index contributed by atoms with van der Waals surface area (Å²) in [5.74, 6) is 2.59. The van der Waals surface area contributed by atoms with Gasteiger partial charge in [0.25, 0.3) is 5.91 Å². The first-order valence-electron chi connectivity index (χ1n) is 8.52. The molecule has 8 heteroatoms. The maximum atomic E-state index is 12.1. The molecule has 4 rings (SSSR count). The zero-order valence-corrected chi connectivity index (χ0v) is 14.5. The number of benzene rings is 1. The molecule has 0 unspecified atom stereocenters. The standard InChI is InChI=1S/C18H19N7O/c1-24-11-12-25-15(22-23-17(25)18(24)26)8-10-19-14-7-9-20-16(21-14)13-5-3-2-4-6-13/h2-7,9H,8,10-12H2,1H3,(H,19,20,21). The highest BCUT2D eigenvalue weighted by Crippen LogP contribution is 2.16. The molecule has 0 saturated carbocycles. The molecule has 1 N–H and O–H groups in total. The van der Waals surface area contributed by atoms with Gasteiger partial charge in [-0.1, -0.05) is 30.3 Å². The van der Waals surface area contributed by atoms with E-state index in [9.17, 15) is 4.79 Å². The lowest BCUT2D eigenvalue weighted by molar-refractivity contribution is 0.0740. The van der Waals surface area contributed by atoms with E-state index in [1.165, 1.54) is 0 Å². The number of carbonyl (C=O) groups is 1. The molecule has 3 heterocycles. The van der Waals surface area contributed by atoms with E-state index < -0.39 is 0 Å². The van der Waals surface area contributed by atoms with E-state index in [1.54, 1.807) is 18.1 Å². The van der Waals surface area contributed by atoms with Crippen LogP contribution in [-0.4, -0.2) is 55.7 Å². The fourth-order valence-electron chi connectivity index (χ4n) is 2.92. The van der Waals surface area contributed by atoms with Crippen molar-refractivity contribution >= 4 is 11.7 Å². The van der Waals surface area contributed by atoms with Crippen LogP contribution in [0.3, 0.4) is 0 Å². The zero-order valence-electron chi connectivity index (χ0n) is 14.5. The minimum atomic E-state index is -0.0775. The SMILES string of the molecule is CN1CCn2c(CCNc3ccnc(-c4ccccc4)n3)nnc2C1=O. The van der Waals surface area contributed by atoms with Crippen LogP contribution in [0.25, 0.3) is 11.4 Å². The van der Waals surface area contributed by atoms with Crippen LogP contribution >= 0.6 is 0 Å². The van der Waals surface area contributed by atoms with E-state index in [0.717, 1.165) is 23.8 Å². The largest absolute Gasteiger partial charge is 0.370 e. The molecular weight excluding hydrogens is 330 g/mol. The van der Waals surface area contributed by atoms with Crippen LogP contribution in [0.4, 0.5) is 5.82 Å². The molecule has 1 aromatic carbocycles. The van der Waals surface area contributed by atoms with Crippen molar-refractivity contribution in [3.05, 3.63) is 54.2 Å². The van der Waals surface area contributed by atoms with E-state index in [4.69, 9.17) is 0 Å². The number of nitrogens with one attached hydrogen (secondary N) is 1. The van der Waals surface area contributed by atoms with Gasteiger partial charge in [-0.3, -0.25) is 4.79 Å². The molecule has 132 valence electrons. The molecule has 0 bridgehead atoms. The summed E-state index contributed by atoms with van der Waals surface area (Å²) < 4.78 is 1.90. The second-order valence-corrected chi connectivity index (χ2v) is 6.13. The Kier molecular flexibility index (Phi) is 4.30. The molecular formula is C18H19N7O. The van der Waals surface area contributed by atoms with Gasteiger partial charge in [-0.05, 0) is 6.07 Å². The topological polar surface area (TPSA) is 88.8 Å². The molecule has 3 aromatic rings. The summed E-state index contributed by atoms with van der Waals surface area (Å²) in [7, 11) is 1.78. The number of hydrogen-bond donors (Lipinski definition) is 1. The average Bonchev–Trinajstić information content (AvgIpc) is 3.09. The predicted molar refractivity (Wildman–Crippen MR) is 96.6 cm³/mol. The predicted octanol–water partition coefficient (Wildman–Crippen LogP) is 1.48. The lowest BCUT2D eigenvalue weighted by Crippen LogP contribution is -2.38. The third kappa shape index (κ3) is 3.13. The Balaban J connectivity index is 1.42. The molecule has 8 nitrogen and oxygen atoms in total. The normalized spacial score (nSPS) is 13.6. The van der Waals surface area contributed by atoms with Crippen molar-refractivity contribution < 1.29 is 4.79 Å². The summed E-state index contributed by atoms with van der Waals surface area (Å²) in [5.41, 5.74) is 0.977. The van der Waals surface area contributed by atoms with Gasteiger partial charge in [-0.15, -0.1) is 10.2 Å². The van der Waals surface area contributed by atoms with Crippen molar-refractivity contribution in [3.8, 4) is 11.4 Å². The molecule has 0 radical (unpaired) electrons. The van der Waals surface area contributed by atoms with Gasteiger partial charge in [-0.25, -0.2) is 9.97 Å². The van der Waals surface area contributed by atoms with Crippen LogP contribution in [0, 0.1) is 0 Å². The molecule has 0 saturated heterocycles. The van der Waals surface area contributed by atoms with Gasteiger partial charge in [0.2, 0.25) is 5.82 Å². The van der Waals surface area contributed by atoms with Crippen molar-refractivity contribution in [1.29, 1.82) is 0 Å². The molecule has 0 atom stereocenters. The summed E-state index contributed by atoms with van der Waals surface area (Å²) in [4.78, 5) is 22.6. The van der Waals surface area contributed by atoms with Crippen molar-refractivity contribution in [2.75, 3.05) is 25.5 Å². The van der Waals surface area contributed by atoms with Crippen LogP contribution in [0.15, 0.2) is 42.6 Å². The number of carbonyl (C=O) groups excluding carboxylic acids is 1. The Hall–Kier alpha value is -3.29. The van der Waals surface area contributed by atoms with Gasteiger partial charge in [0.1, 0.15) is 11.6 Å². The van der Waals surface area contributed by atoms with Crippen LogP contribution in [0.2, 0.25) is 0 Å². The molecule has 0 aliphatic carbocycles. The highest BCUT2D eigenvalue weighted by molar-refractivity contribution is 5.91. The Morgan fingerprint density at radius 3 is 2.81 bits per heavy atom. The number of fused-ring (bicyclic) bond motifs is 1. The zero-order chi connectivity index (χ0) is 17.9.